The van der Waals surface area contributed by atoms with Gasteiger partial charge in [-0.15, -0.1) is 0 Å². The summed E-state index contributed by atoms with van der Waals surface area (Å²) in [6, 6.07) is 5.34. The molecular formula is C12H12N2O5. The number of ketones is 1. The predicted molar refractivity (Wildman–Crippen MR) is 65.2 cm³/mol. The van der Waals surface area contributed by atoms with Crippen molar-refractivity contribution in [3.05, 3.63) is 52.2 Å². The first-order chi connectivity index (χ1) is 9.06. The van der Waals surface area contributed by atoms with Crippen LogP contribution in [0.15, 0.2) is 36.5 Å². The van der Waals surface area contributed by atoms with E-state index in [9.17, 15) is 20.0 Å². The van der Waals surface area contributed by atoms with E-state index < -0.39 is 11.0 Å². The number of β-amino-alcohol motifs (C(OH)–C–C–N with tert-alkyl or cyclic N) is 1. The molecule has 1 fully saturated rings. The molecule has 1 heterocycles. The Hall–Kier alpha value is -2.25. The molecule has 1 aromatic carbocycles. The summed E-state index contributed by atoms with van der Waals surface area (Å²) in [6.45, 7) is 0.514. The molecule has 0 unspecified atom stereocenters. The molecule has 1 atom stereocenters. The Kier molecular flexibility index (Phi) is 3.88. The van der Waals surface area contributed by atoms with Crippen LogP contribution in [0.2, 0.25) is 0 Å². The van der Waals surface area contributed by atoms with Crippen molar-refractivity contribution in [3.63, 3.8) is 0 Å². The first-order valence-corrected chi connectivity index (χ1v) is 5.61. The van der Waals surface area contributed by atoms with E-state index >= 15 is 0 Å². The van der Waals surface area contributed by atoms with Crippen molar-refractivity contribution in [1.29, 1.82) is 0 Å². The minimum atomic E-state index is -0.556. The molecule has 100 valence electrons. The third-order valence-electron chi connectivity index (χ3n) is 2.58. The third kappa shape index (κ3) is 3.36. The van der Waals surface area contributed by atoms with E-state index in [0.29, 0.717) is 12.1 Å². The molecule has 0 amide bonds. The Morgan fingerprint density at radius 2 is 2.16 bits per heavy atom. The number of carbonyl (C=O) groups is 1. The minimum Gasteiger partial charge on any atom is -0.389 e. The molecule has 1 saturated heterocycles. The number of aliphatic hydroxyl groups is 1. The van der Waals surface area contributed by atoms with Crippen molar-refractivity contribution in [2.45, 2.75) is 6.10 Å². The highest BCUT2D eigenvalue weighted by Gasteiger charge is 2.18. The van der Waals surface area contributed by atoms with Crippen LogP contribution < -0.4 is 0 Å². The van der Waals surface area contributed by atoms with E-state index in [1.807, 2.05) is 0 Å². The second-order valence-electron chi connectivity index (χ2n) is 4.03. The maximum absolute atomic E-state index is 11.8. The summed E-state index contributed by atoms with van der Waals surface area (Å²) >= 11 is 0. The van der Waals surface area contributed by atoms with Gasteiger partial charge >= 0.3 is 0 Å². The second-order valence-corrected chi connectivity index (χ2v) is 4.03. The number of hydrogen-bond donors (Lipinski definition) is 1. The van der Waals surface area contributed by atoms with Crippen molar-refractivity contribution in [2.75, 3.05) is 13.2 Å². The lowest BCUT2D eigenvalue weighted by molar-refractivity contribution is -0.384. The molecule has 7 nitrogen and oxygen atoms in total. The van der Waals surface area contributed by atoms with E-state index in [4.69, 9.17) is 4.84 Å². The van der Waals surface area contributed by atoms with E-state index in [1.54, 1.807) is 0 Å². The summed E-state index contributed by atoms with van der Waals surface area (Å²) in [5.41, 5.74) is 0.285. The second kappa shape index (κ2) is 5.59. The summed E-state index contributed by atoms with van der Waals surface area (Å²) in [5, 5.41) is 21.1. The Labute approximate surface area is 108 Å². The van der Waals surface area contributed by atoms with Gasteiger partial charge in [0.05, 0.1) is 17.6 Å². The number of nitro benzene ring substituents is 1. The molecular weight excluding hydrogens is 252 g/mol. The van der Waals surface area contributed by atoms with Crippen LogP contribution in [0.4, 0.5) is 5.69 Å². The van der Waals surface area contributed by atoms with Crippen LogP contribution in [0.3, 0.4) is 0 Å². The molecule has 0 radical (unpaired) electrons. The molecule has 7 heteroatoms. The number of hydrogen-bond acceptors (Lipinski definition) is 6. The topological polar surface area (TPSA) is 92.9 Å². The fourth-order valence-electron chi connectivity index (χ4n) is 1.59. The molecule has 19 heavy (non-hydrogen) atoms. The zero-order valence-corrected chi connectivity index (χ0v) is 9.93. The van der Waals surface area contributed by atoms with Crippen LogP contribution in [-0.2, 0) is 4.84 Å². The number of non-ortho nitro benzene ring substituents is 1. The van der Waals surface area contributed by atoms with Gasteiger partial charge in [-0.2, -0.15) is 0 Å². The van der Waals surface area contributed by atoms with Gasteiger partial charge < -0.3 is 5.11 Å². The smallest absolute Gasteiger partial charge is 0.269 e. The zero-order valence-electron chi connectivity index (χ0n) is 9.93. The van der Waals surface area contributed by atoms with Crippen LogP contribution in [0.1, 0.15) is 10.4 Å². The van der Waals surface area contributed by atoms with Crippen LogP contribution in [-0.4, -0.2) is 40.1 Å². The van der Waals surface area contributed by atoms with Crippen LogP contribution >= 0.6 is 0 Å². The lowest BCUT2D eigenvalue weighted by Gasteiger charge is -2.08. The van der Waals surface area contributed by atoms with Crippen molar-refractivity contribution < 1.29 is 19.7 Å². The molecule has 0 aliphatic carbocycles. The third-order valence-corrected chi connectivity index (χ3v) is 2.58. The number of nitrogens with zero attached hydrogens (tertiary/aromatic N) is 2. The molecule has 1 aliphatic rings. The van der Waals surface area contributed by atoms with Crippen molar-refractivity contribution in [2.24, 2.45) is 0 Å². The largest absolute Gasteiger partial charge is 0.389 e. The van der Waals surface area contributed by atoms with Crippen LogP contribution in [0, 0.1) is 10.1 Å². The molecule has 0 bridgehead atoms. The predicted octanol–water partition coefficient (Wildman–Crippen LogP) is 0.899. The zero-order chi connectivity index (χ0) is 13.8. The Morgan fingerprint density at radius 3 is 2.68 bits per heavy atom. The summed E-state index contributed by atoms with van der Waals surface area (Å²) in [4.78, 5) is 26.8. The minimum absolute atomic E-state index is 0.0634. The number of aliphatic hydroxyl groups excluding tert-OH is 1. The summed E-state index contributed by atoms with van der Waals surface area (Å²) in [5.74, 6) is -0.292. The lowest BCUT2D eigenvalue weighted by Crippen LogP contribution is -2.15. The highest BCUT2D eigenvalue weighted by Crippen LogP contribution is 2.13. The van der Waals surface area contributed by atoms with Crippen LogP contribution in [0.25, 0.3) is 0 Å². The molecule has 1 aromatic rings. The van der Waals surface area contributed by atoms with Crippen molar-refractivity contribution >= 4 is 11.5 Å². The van der Waals surface area contributed by atoms with Crippen LogP contribution in [0.5, 0.6) is 0 Å². The first kappa shape index (κ1) is 13.2. The number of carbonyl (C=O) groups excluding carboxylic acids is 1. The van der Waals surface area contributed by atoms with Gasteiger partial charge in [0.25, 0.3) is 5.69 Å². The van der Waals surface area contributed by atoms with Crippen molar-refractivity contribution in [1.82, 2.24) is 5.06 Å². The average Bonchev–Trinajstić information content (AvgIpc) is 2.82. The highest BCUT2D eigenvalue weighted by atomic mass is 16.7. The van der Waals surface area contributed by atoms with Gasteiger partial charge in [-0.3, -0.25) is 24.8 Å². The van der Waals surface area contributed by atoms with Gasteiger partial charge in [-0.05, 0) is 12.1 Å². The van der Waals surface area contributed by atoms with E-state index in [-0.39, 0.29) is 18.1 Å². The van der Waals surface area contributed by atoms with Gasteiger partial charge in [0, 0.05) is 30.0 Å². The number of rotatable bonds is 4. The van der Waals surface area contributed by atoms with Gasteiger partial charge in [-0.25, -0.2) is 0 Å². The Balaban J connectivity index is 1.99. The summed E-state index contributed by atoms with van der Waals surface area (Å²) in [7, 11) is 0. The molecule has 1 N–H and O–H groups in total. The summed E-state index contributed by atoms with van der Waals surface area (Å²) in [6.07, 6.45) is 2.17. The fraction of sp³-hybridized carbons (Fsp3) is 0.250. The lowest BCUT2D eigenvalue weighted by atomic mass is 10.1. The van der Waals surface area contributed by atoms with E-state index in [1.165, 1.54) is 41.6 Å². The molecule has 0 saturated carbocycles. The standard InChI is InChI=1S/C12H12N2O5/c15-11-7-13(19-8-11)6-5-12(16)9-1-3-10(4-2-9)14(17)18/h1-6,11,15H,7-8H2/b6-5-/t11-/m0/s1. The van der Waals surface area contributed by atoms with Gasteiger partial charge in [0.2, 0.25) is 0 Å². The summed E-state index contributed by atoms with van der Waals surface area (Å²) < 4.78 is 0. The molecule has 1 aliphatic heterocycles. The maximum atomic E-state index is 11.8. The number of nitro groups is 1. The van der Waals surface area contributed by atoms with Crippen molar-refractivity contribution in [3.8, 4) is 0 Å². The Morgan fingerprint density at radius 1 is 1.47 bits per heavy atom. The monoisotopic (exact) mass is 264 g/mol. The highest BCUT2D eigenvalue weighted by molar-refractivity contribution is 6.04. The maximum Gasteiger partial charge on any atom is 0.269 e. The molecule has 0 aromatic heterocycles. The number of allylic oxidation sites excluding steroid dienone is 1. The molecule has 2 rings (SSSR count). The fourth-order valence-corrected chi connectivity index (χ4v) is 1.59. The van der Waals surface area contributed by atoms with Gasteiger partial charge in [0.1, 0.15) is 6.61 Å². The van der Waals surface area contributed by atoms with E-state index in [2.05, 4.69) is 0 Å². The SMILES string of the molecule is O=C(/C=C\N1C[C@H](O)CO1)c1ccc([N+](=O)[O-])cc1. The van der Waals surface area contributed by atoms with E-state index in [0.717, 1.165) is 0 Å². The van der Waals surface area contributed by atoms with Gasteiger partial charge in [-0.1, -0.05) is 0 Å². The average molecular weight is 264 g/mol. The normalized spacial score (nSPS) is 19.0. The van der Waals surface area contributed by atoms with Gasteiger partial charge in [0.15, 0.2) is 5.78 Å². The Bertz CT molecular complexity index is 511. The number of hydroxylamine groups is 2. The first-order valence-electron chi connectivity index (χ1n) is 5.61. The quantitative estimate of drug-likeness (QED) is 0.376. The number of benzene rings is 1. The molecule has 0 spiro atoms.